The normalized spacial score (nSPS) is 12.1. The van der Waals surface area contributed by atoms with E-state index >= 15 is 0 Å². The number of rotatable bonds is 5. The van der Waals surface area contributed by atoms with E-state index in [2.05, 4.69) is 0 Å². The number of hydrogen-bond donors (Lipinski definition) is 1. The van der Waals surface area contributed by atoms with Crippen LogP contribution in [0.5, 0.6) is 0 Å². The van der Waals surface area contributed by atoms with Crippen molar-refractivity contribution in [1.29, 1.82) is 0 Å². The predicted octanol–water partition coefficient (Wildman–Crippen LogP) is 2.36. The molecule has 0 amide bonds. The number of carboxylic acid groups (broad SMARTS) is 1. The van der Waals surface area contributed by atoms with Crippen LogP contribution >= 0.6 is 0 Å². The molecular formula is C10H12F3NO3. The molecule has 1 aromatic rings. The fourth-order valence-electron chi connectivity index (χ4n) is 1.39. The second-order valence-corrected chi connectivity index (χ2v) is 3.48. The quantitative estimate of drug-likeness (QED) is 0.872. The van der Waals surface area contributed by atoms with Gasteiger partial charge in [0.25, 0.3) is 0 Å². The molecule has 0 atom stereocenters. The molecule has 0 aliphatic carbocycles. The lowest BCUT2D eigenvalue weighted by molar-refractivity contribution is -0.147. The Bertz CT molecular complexity index is 386. The fraction of sp³-hybridized carbons (Fsp3) is 0.500. The molecule has 1 heterocycles. The van der Waals surface area contributed by atoms with Gasteiger partial charge in [0.1, 0.15) is 11.3 Å². The Balaban J connectivity index is 2.74. The Morgan fingerprint density at radius 3 is 2.65 bits per heavy atom. The van der Waals surface area contributed by atoms with E-state index in [-0.39, 0.29) is 24.4 Å². The number of furan rings is 1. The van der Waals surface area contributed by atoms with Crippen LogP contribution < -0.4 is 0 Å². The zero-order chi connectivity index (χ0) is 13.1. The number of aromatic carboxylic acids is 1. The fourth-order valence-corrected chi connectivity index (χ4v) is 1.39. The highest BCUT2D eigenvalue weighted by molar-refractivity contribution is 5.88. The minimum absolute atomic E-state index is 0.0311. The number of carbonyl (C=O) groups is 1. The molecule has 0 bridgehead atoms. The van der Waals surface area contributed by atoms with Crippen LogP contribution in [0.4, 0.5) is 13.2 Å². The topological polar surface area (TPSA) is 53.7 Å². The van der Waals surface area contributed by atoms with E-state index < -0.39 is 18.7 Å². The van der Waals surface area contributed by atoms with Crippen molar-refractivity contribution < 1.29 is 27.5 Å². The number of hydrogen-bond acceptors (Lipinski definition) is 3. The van der Waals surface area contributed by atoms with Crippen LogP contribution in [0.3, 0.4) is 0 Å². The van der Waals surface area contributed by atoms with Gasteiger partial charge in [0.2, 0.25) is 0 Å². The van der Waals surface area contributed by atoms with Crippen LogP contribution in [-0.4, -0.2) is 35.2 Å². The highest BCUT2D eigenvalue weighted by Crippen LogP contribution is 2.19. The molecule has 0 fully saturated rings. The van der Waals surface area contributed by atoms with Crippen LogP contribution in [-0.2, 0) is 6.54 Å². The SMILES string of the molecule is CCN(Cc1occc1C(=O)O)CC(F)(F)F. The molecule has 0 aliphatic heterocycles. The largest absolute Gasteiger partial charge is 0.478 e. The summed E-state index contributed by atoms with van der Waals surface area (Å²) in [6.45, 7) is 0.447. The predicted molar refractivity (Wildman–Crippen MR) is 52.7 cm³/mol. The van der Waals surface area contributed by atoms with Gasteiger partial charge in [-0.1, -0.05) is 6.92 Å². The number of carboxylic acids is 1. The third-order valence-corrected chi connectivity index (χ3v) is 2.19. The van der Waals surface area contributed by atoms with Crippen molar-refractivity contribution in [1.82, 2.24) is 4.90 Å². The smallest absolute Gasteiger partial charge is 0.401 e. The van der Waals surface area contributed by atoms with E-state index in [1.54, 1.807) is 6.92 Å². The summed E-state index contributed by atoms with van der Waals surface area (Å²) in [5.74, 6) is -1.18. The second-order valence-electron chi connectivity index (χ2n) is 3.48. The molecule has 1 N–H and O–H groups in total. The maximum atomic E-state index is 12.2. The average molecular weight is 251 g/mol. The molecule has 0 saturated heterocycles. The summed E-state index contributed by atoms with van der Waals surface area (Å²) in [5.41, 5.74) is -0.106. The van der Waals surface area contributed by atoms with E-state index in [1.807, 2.05) is 0 Å². The Kier molecular flexibility index (Phi) is 4.17. The summed E-state index contributed by atoms with van der Waals surface area (Å²) in [4.78, 5) is 11.8. The maximum Gasteiger partial charge on any atom is 0.401 e. The molecule has 7 heteroatoms. The summed E-state index contributed by atoms with van der Waals surface area (Å²) in [6, 6.07) is 1.22. The molecular weight excluding hydrogens is 239 g/mol. The number of nitrogens with zero attached hydrogens (tertiary/aromatic N) is 1. The van der Waals surface area contributed by atoms with Crippen molar-refractivity contribution in [2.45, 2.75) is 19.6 Å². The van der Waals surface area contributed by atoms with Crippen LogP contribution in [0.25, 0.3) is 0 Å². The first kappa shape index (κ1) is 13.6. The van der Waals surface area contributed by atoms with Gasteiger partial charge in [-0.3, -0.25) is 4.90 Å². The van der Waals surface area contributed by atoms with Crippen molar-refractivity contribution in [3.63, 3.8) is 0 Å². The molecule has 0 aromatic carbocycles. The monoisotopic (exact) mass is 251 g/mol. The Hall–Kier alpha value is -1.50. The molecule has 0 radical (unpaired) electrons. The van der Waals surface area contributed by atoms with Gasteiger partial charge in [-0.15, -0.1) is 0 Å². The summed E-state index contributed by atoms with van der Waals surface area (Å²) < 4.78 is 41.5. The van der Waals surface area contributed by atoms with Crippen LogP contribution in [0.2, 0.25) is 0 Å². The third kappa shape index (κ3) is 4.10. The van der Waals surface area contributed by atoms with E-state index in [1.165, 1.54) is 6.07 Å². The van der Waals surface area contributed by atoms with Gasteiger partial charge in [-0.05, 0) is 12.6 Å². The Labute approximate surface area is 95.6 Å². The van der Waals surface area contributed by atoms with Gasteiger partial charge in [-0.25, -0.2) is 4.79 Å². The first-order valence-electron chi connectivity index (χ1n) is 4.92. The first-order valence-corrected chi connectivity index (χ1v) is 4.92. The maximum absolute atomic E-state index is 12.2. The average Bonchev–Trinajstić information content (AvgIpc) is 2.62. The van der Waals surface area contributed by atoms with Gasteiger partial charge in [-0.2, -0.15) is 13.2 Å². The first-order chi connectivity index (χ1) is 7.83. The van der Waals surface area contributed by atoms with Crippen molar-refractivity contribution in [2.24, 2.45) is 0 Å². The molecule has 0 saturated carbocycles. The van der Waals surface area contributed by atoms with Crippen molar-refractivity contribution >= 4 is 5.97 Å². The van der Waals surface area contributed by atoms with Crippen molar-refractivity contribution in [3.8, 4) is 0 Å². The van der Waals surface area contributed by atoms with Gasteiger partial charge >= 0.3 is 12.1 Å². The van der Waals surface area contributed by atoms with Crippen LogP contribution in [0.1, 0.15) is 23.0 Å². The van der Waals surface area contributed by atoms with Gasteiger partial charge in [0, 0.05) is 0 Å². The van der Waals surface area contributed by atoms with Crippen LogP contribution in [0, 0.1) is 0 Å². The molecule has 0 unspecified atom stereocenters. The molecule has 0 aliphatic rings. The lowest BCUT2D eigenvalue weighted by Crippen LogP contribution is -2.33. The highest BCUT2D eigenvalue weighted by Gasteiger charge is 2.31. The zero-order valence-corrected chi connectivity index (χ0v) is 9.12. The minimum Gasteiger partial charge on any atom is -0.478 e. The van der Waals surface area contributed by atoms with E-state index in [9.17, 15) is 18.0 Å². The lowest BCUT2D eigenvalue weighted by Gasteiger charge is -2.20. The summed E-state index contributed by atoms with van der Waals surface area (Å²) in [6.07, 6.45) is -3.16. The third-order valence-electron chi connectivity index (χ3n) is 2.19. The Morgan fingerprint density at radius 1 is 1.53 bits per heavy atom. The van der Waals surface area contributed by atoms with Crippen LogP contribution in [0.15, 0.2) is 16.7 Å². The van der Waals surface area contributed by atoms with Crippen molar-refractivity contribution in [2.75, 3.05) is 13.1 Å². The van der Waals surface area contributed by atoms with Gasteiger partial charge in [0.05, 0.1) is 19.4 Å². The molecule has 17 heavy (non-hydrogen) atoms. The van der Waals surface area contributed by atoms with E-state index in [4.69, 9.17) is 9.52 Å². The number of halogens is 3. The summed E-state index contributed by atoms with van der Waals surface area (Å²) in [5, 5.41) is 8.77. The van der Waals surface area contributed by atoms with E-state index in [0.717, 1.165) is 11.2 Å². The standard InChI is InChI=1S/C10H12F3NO3/c1-2-14(6-10(11,12)13)5-8-7(9(15)16)3-4-17-8/h3-4H,2,5-6H2,1H3,(H,15,16). The minimum atomic E-state index is -4.31. The van der Waals surface area contributed by atoms with Gasteiger partial charge < -0.3 is 9.52 Å². The highest BCUT2D eigenvalue weighted by atomic mass is 19.4. The molecule has 4 nitrogen and oxygen atoms in total. The molecule has 1 aromatic heterocycles. The summed E-state index contributed by atoms with van der Waals surface area (Å²) >= 11 is 0. The second kappa shape index (κ2) is 5.22. The Morgan fingerprint density at radius 2 is 2.18 bits per heavy atom. The van der Waals surface area contributed by atoms with Gasteiger partial charge in [0.15, 0.2) is 0 Å². The number of alkyl halides is 3. The molecule has 96 valence electrons. The summed E-state index contributed by atoms with van der Waals surface area (Å²) in [7, 11) is 0. The van der Waals surface area contributed by atoms with E-state index in [0.29, 0.717) is 0 Å². The lowest BCUT2D eigenvalue weighted by atomic mass is 10.2. The molecule has 0 spiro atoms. The van der Waals surface area contributed by atoms with Crippen molar-refractivity contribution in [3.05, 3.63) is 23.7 Å². The zero-order valence-electron chi connectivity index (χ0n) is 9.12. The molecule has 1 rings (SSSR count).